The number of nitrogens with two attached hydrogens (primary N) is 1. The number of hydrogen-bond donors (Lipinski definition) is 2. The molecule has 0 aliphatic rings. The number of imidazole rings is 1. The second-order valence-corrected chi connectivity index (χ2v) is 3.60. The van der Waals surface area contributed by atoms with Crippen LogP contribution in [0.25, 0.3) is 5.52 Å². The minimum Gasteiger partial charge on any atom is -0.476 e. The number of nitrogens with zero attached hydrogens (tertiary/aromatic N) is 2. The van der Waals surface area contributed by atoms with Crippen LogP contribution in [0.5, 0.6) is 0 Å². The molecule has 6 heteroatoms. The predicted octanol–water partition coefficient (Wildman–Crippen LogP) is 0.804. The number of pyridine rings is 1. The molecule has 0 spiro atoms. The number of ether oxygens (including phenoxy) is 1. The van der Waals surface area contributed by atoms with Crippen molar-refractivity contribution in [1.82, 2.24) is 9.38 Å². The van der Waals surface area contributed by atoms with Crippen LogP contribution >= 0.6 is 0 Å². The highest BCUT2D eigenvalue weighted by molar-refractivity contribution is 5.94. The minimum atomic E-state index is -1.06. The highest BCUT2D eigenvalue weighted by Crippen LogP contribution is 2.17. The number of carbonyl (C=O) groups is 1. The van der Waals surface area contributed by atoms with Crippen LogP contribution < -0.4 is 5.73 Å². The van der Waals surface area contributed by atoms with Gasteiger partial charge in [-0.2, -0.15) is 0 Å². The summed E-state index contributed by atoms with van der Waals surface area (Å²) in [5.41, 5.74) is 6.35. The van der Waals surface area contributed by atoms with Gasteiger partial charge in [-0.25, -0.2) is 9.78 Å². The van der Waals surface area contributed by atoms with Crippen molar-refractivity contribution < 1.29 is 14.6 Å². The second-order valence-electron chi connectivity index (χ2n) is 3.60. The van der Waals surface area contributed by atoms with Gasteiger partial charge in [0, 0.05) is 13.5 Å². The number of carboxylic acid groups (broad SMARTS) is 1. The van der Waals surface area contributed by atoms with Crippen LogP contribution in [0.4, 0.5) is 5.82 Å². The Labute approximate surface area is 97.6 Å². The van der Waals surface area contributed by atoms with E-state index in [2.05, 4.69) is 4.98 Å². The zero-order valence-corrected chi connectivity index (χ0v) is 9.38. The van der Waals surface area contributed by atoms with E-state index in [4.69, 9.17) is 15.6 Å². The molecule has 0 unspecified atom stereocenters. The first-order chi connectivity index (χ1) is 8.15. The molecule has 6 nitrogen and oxygen atoms in total. The van der Waals surface area contributed by atoms with Gasteiger partial charge in [0.1, 0.15) is 11.6 Å². The summed E-state index contributed by atoms with van der Waals surface area (Å²) in [5.74, 6) is 0.00252. The molecule has 0 bridgehead atoms. The van der Waals surface area contributed by atoms with E-state index in [-0.39, 0.29) is 5.69 Å². The standard InChI is InChI=1S/C11H13N3O3/c1-17-6-5-9-13-10(11(15)16)7-3-2-4-8(12)14(7)9/h2-4H,5-6,12H2,1H3,(H,15,16). The largest absolute Gasteiger partial charge is 0.476 e. The Hall–Kier alpha value is -2.08. The smallest absolute Gasteiger partial charge is 0.356 e. The van der Waals surface area contributed by atoms with Gasteiger partial charge in [0.05, 0.1) is 12.1 Å². The maximum Gasteiger partial charge on any atom is 0.356 e. The topological polar surface area (TPSA) is 89.8 Å². The lowest BCUT2D eigenvalue weighted by atomic mass is 10.3. The van der Waals surface area contributed by atoms with Crippen LogP contribution in [0.1, 0.15) is 16.3 Å². The third-order valence-corrected chi connectivity index (χ3v) is 2.49. The molecule has 17 heavy (non-hydrogen) atoms. The van der Waals surface area contributed by atoms with E-state index in [0.717, 1.165) is 0 Å². The summed E-state index contributed by atoms with van der Waals surface area (Å²) in [5, 5.41) is 9.06. The molecular weight excluding hydrogens is 222 g/mol. The molecule has 0 saturated carbocycles. The average Bonchev–Trinajstić information content (AvgIpc) is 2.67. The first kappa shape index (κ1) is 11.4. The molecule has 0 aliphatic carbocycles. The fraction of sp³-hybridized carbons (Fsp3) is 0.273. The van der Waals surface area contributed by atoms with Gasteiger partial charge >= 0.3 is 5.97 Å². The molecule has 0 fully saturated rings. The first-order valence-electron chi connectivity index (χ1n) is 5.13. The van der Waals surface area contributed by atoms with Gasteiger partial charge in [-0.05, 0) is 12.1 Å². The molecule has 2 aromatic rings. The van der Waals surface area contributed by atoms with Crippen molar-refractivity contribution in [3.63, 3.8) is 0 Å². The summed E-state index contributed by atoms with van der Waals surface area (Å²) < 4.78 is 6.60. The van der Waals surface area contributed by atoms with Crippen LogP contribution in [0.3, 0.4) is 0 Å². The maximum absolute atomic E-state index is 11.1. The van der Waals surface area contributed by atoms with Gasteiger partial charge in [-0.3, -0.25) is 4.40 Å². The van der Waals surface area contributed by atoms with Gasteiger partial charge < -0.3 is 15.6 Å². The Morgan fingerprint density at radius 1 is 1.59 bits per heavy atom. The lowest BCUT2D eigenvalue weighted by molar-refractivity contribution is 0.0693. The molecule has 3 N–H and O–H groups in total. The number of carboxylic acids is 1. The Balaban J connectivity index is 2.63. The van der Waals surface area contributed by atoms with Crippen molar-refractivity contribution in [2.75, 3.05) is 19.5 Å². The van der Waals surface area contributed by atoms with Crippen molar-refractivity contribution in [2.24, 2.45) is 0 Å². The Bertz CT molecular complexity index is 562. The number of fused-ring (bicyclic) bond motifs is 1. The number of rotatable bonds is 4. The van der Waals surface area contributed by atoms with Crippen molar-refractivity contribution in [1.29, 1.82) is 0 Å². The summed E-state index contributed by atoms with van der Waals surface area (Å²) in [6, 6.07) is 5.10. The summed E-state index contributed by atoms with van der Waals surface area (Å²) in [7, 11) is 1.58. The van der Waals surface area contributed by atoms with Gasteiger partial charge in [0.2, 0.25) is 0 Å². The molecule has 0 radical (unpaired) electrons. The summed E-state index contributed by atoms with van der Waals surface area (Å²) in [6.45, 7) is 0.465. The van der Waals surface area contributed by atoms with Crippen LogP contribution in [0.2, 0.25) is 0 Å². The van der Waals surface area contributed by atoms with Crippen LogP contribution in [0.15, 0.2) is 18.2 Å². The molecule has 0 amide bonds. The van der Waals surface area contributed by atoms with E-state index in [1.807, 2.05) is 0 Å². The summed E-state index contributed by atoms with van der Waals surface area (Å²) in [4.78, 5) is 15.2. The SMILES string of the molecule is COCCc1nc(C(=O)O)c2cccc(N)n12. The zero-order chi connectivity index (χ0) is 12.4. The van der Waals surface area contributed by atoms with E-state index in [0.29, 0.717) is 30.2 Å². The first-order valence-corrected chi connectivity index (χ1v) is 5.13. The Kier molecular flexibility index (Phi) is 2.97. The number of nitrogen functional groups attached to an aromatic ring is 1. The predicted molar refractivity (Wildman–Crippen MR) is 62.1 cm³/mol. The van der Waals surface area contributed by atoms with Crippen molar-refractivity contribution in [3.05, 3.63) is 29.7 Å². The summed E-state index contributed by atoms with van der Waals surface area (Å²) in [6.07, 6.45) is 0.513. The molecule has 2 aromatic heterocycles. The normalized spacial score (nSPS) is 10.9. The van der Waals surface area contributed by atoms with Crippen LogP contribution in [-0.4, -0.2) is 34.2 Å². The number of methoxy groups -OCH3 is 1. The third kappa shape index (κ3) is 1.94. The Morgan fingerprint density at radius 2 is 2.35 bits per heavy atom. The molecular formula is C11H13N3O3. The van der Waals surface area contributed by atoms with Crippen LogP contribution in [0, 0.1) is 0 Å². The quantitative estimate of drug-likeness (QED) is 0.818. The van der Waals surface area contributed by atoms with Crippen molar-refractivity contribution in [3.8, 4) is 0 Å². The number of anilines is 1. The fourth-order valence-corrected chi connectivity index (χ4v) is 1.75. The zero-order valence-electron chi connectivity index (χ0n) is 9.38. The number of aromatic nitrogens is 2. The molecule has 0 saturated heterocycles. The maximum atomic E-state index is 11.1. The highest BCUT2D eigenvalue weighted by Gasteiger charge is 2.17. The second kappa shape index (κ2) is 4.42. The van der Waals surface area contributed by atoms with E-state index in [1.165, 1.54) is 0 Å². The average molecular weight is 235 g/mol. The number of hydrogen-bond acceptors (Lipinski definition) is 4. The highest BCUT2D eigenvalue weighted by atomic mass is 16.5. The van der Waals surface area contributed by atoms with Crippen molar-refractivity contribution >= 4 is 17.3 Å². The summed E-state index contributed by atoms with van der Waals surface area (Å²) >= 11 is 0. The monoisotopic (exact) mass is 235 g/mol. The van der Waals surface area contributed by atoms with E-state index < -0.39 is 5.97 Å². The molecule has 90 valence electrons. The van der Waals surface area contributed by atoms with E-state index in [1.54, 1.807) is 29.7 Å². The molecule has 2 rings (SSSR count). The van der Waals surface area contributed by atoms with E-state index in [9.17, 15) is 4.79 Å². The fourth-order valence-electron chi connectivity index (χ4n) is 1.75. The number of aromatic carboxylic acids is 1. The molecule has 0 aromatic carbocycles. The van der Waals surface area contributed by atoms with Gasteiger partial charge in [-0.1, -0.05) is 6.07 Å². The lowest BCUT2D eigenvalue weighted by Gasteiger charge is -2.03. The lowest BCUT2D eigenvalue weighted by Crippen LogP contribution is -2.04. The van der Waals surface area contributed by atoms with E-state index >= 15 is 0 Å². The third-order valence-electron chi connectivity index (χ3n) is 2.49. The Morgan fingerprint density at radius 3 is 3.00 bits per heavy atom. The van der Waals surface area contributed by atoms with Crippen molar-refractivity contribution in [2.45, 2.75) is 6.42 Å². The van der Waals surface area contributed by atoms with Crippen LogP contribution in [-0.2, 0) is 11.2 Å². The molecule has 0 atom stereocenters. The molecule has 0 aliphatic heterocycles. The minimum absolute atomic E-state index is 0.0170. The van der Waals surface area contributed by atoms with Gasteiger partial charge in [0.25, 0.3) is 0 Å². The van der Waals surface area contributed by atoms with Gasteiger partial charge in [-0.15, -0.1) is 0 Å². The molecule has 2 heterocycles. The van der Waals surface area contributed by atoms with Gasteiger partial charge in [0.15, 0.2) is 5.69 Å².